The summed E-state index contributed by atoms with van der Waals surface area (Å²) in [5.41, 5.74) is 10.0. The average Bonchev–Trinajstić information content (AvgIpc) is 2.70. The van der Waals surface area contributed by atoms with Crippen molar-refractivity contribution in [1.82, 2.24) is 9.97 Å². The quantitative estimate of drug-likeness (QED) is 0.724. The normalized spacial score (nSPS) is 14.2. The summed E-state index contributed by atoms with van der Waals surface area (Å²) in [6, 6.07) is 12.6. The van der Waals surface area contributed by atoms with Gasteiger partial charge in [0.2, 0.25) is 5.88 Å². The Labute approximate surface area is 169 Å². The molecule has 1 aromatic heterocycles. The van der Waals surface area contributed by atoms with E-state index >= 15 is 0 Å². The van der Waals surface area contributed by atoms with Crippen LogP contribution in [0.1, 0.15) is 11.1 Å². The molecule has 29 heavy (non-hydrogen) atoms. The van der Waals surface area contributed by atoms with Crippen LogP contribution in [0.5, 0.6) is 11.6 Å². The zero-order valence-corrected chi connectivity index (χ0v) is 16.6. The molecule has 3 aromatic rings. The molecule has 2 N–H and O–H groups in total. The van der Waals surface area contributed by atoms with Gasteiger partial charge in [0.1, 0.15) is 23.6 Å². The molecule has 1 aliphatic heterocycles. The molecule has 6 nitrogen and oxygen atoms in total. The van der Waals surface area contributed by atoms with Crippen molar-refractivity contribution in [1.29, 1.82) is 0 Å². The van der Waals surface area contributed by atoms with Gasteiger partial charge in [-0.2, -0.15) is 4.98 Å². The fraction of sp³-hybridized carbons (Fsp3) is 0.273. The molecule has 0 amide bonds. The van der Waals surface area contributed by atoms with Crippen molar-refractivity contribution in [2.24, 2.45) is 0 Å². The maximum absolute atomic E-state index is 13.2. The molecular formula is C22H24FN5O. The zero-order chi connectivity index (χ0) is 20.4. The molecule has 0 saturated carbocycles. The number of ether oxygens (including phenoxy) is 1. The molecule has 150 valence electrons. The standard InChI is InChI=1S/C22H24FN5O/c1-15-11-16(2)13-19(12-15)29-22-20(24)21(25-14-26-22)28-9-7-27(8-10-28)18-5-3-17(23)4-6-18/h3-6,11-14H,7-10,24H2,1-2H3. The highest BCUT2D eigenvalue weighted by atomic mass is 19.1. The highest BCUT2D eigenvalue weighted by molar-refractivity contribution is 5.69. The minimum Gasteiger partial charge on any atom is -0.437 e. The van der Waals surface area contributed by atoms with Gasteiger partial charge in [-0.3, -0.25) is 0 Å². The smallest absolute Gasteiger partial charge is 0.248 e. The number of nitrogen functional groups attached to an aromatic ring is 1. The van der Waals surface area contributed by atoms with Gasteiger partial charge in [-0.15, -0.1) is 0 Å². The Hall–Kier alpha value is -3.35. The number of piperazine rings is 1. The van der Waals surface area contributed by atoms with E-state index in [-0.39, 0.29) is 5.82 Å². The predicted octanol–water partition coefficient (Wildman–Crippen LogP) is 3.93. The van der Waals surface area contributed by atoms with Gasteiger partial charge in [-0.25, -0.2) is 9.37 Å². The Kier molecular flexibility index (Phi) is 5.20. The summed E-state index contributed by atoms with van der Waals surface area (Å²) in [5, 5.41) is 0. The van der Waals surface area contributed by atoms with Crippen molar-refractivity contribution in [3.63, 3.8) is 0 Å². The van der Waals surface area contributed by atoms with Gasteiger partial charge >= 0.3 is 0 Å². The SMILES string of the molecule is Cc1cc(C)cc(Oc2ncnc(N3CCN(c4ccc(F)cc4)CC3)c2N)c1. The van der Waals surface area contributed by atoms with Crippen LogP contribution in [0.15, 0.2) is 48.8 Å². The number of aryl methyl sites for hydroxylation is 2. The fourth-order valence-electron chi connectivity index (χ4n) is 3.64. The van der Waals surface area contributed by atoms with E-state index in [9.17, 15) is 4.39 Å². The number of anilines is 3. The monoisotopic (exact) mass is 393 g/mol. The molecule has 0 spiro atoms. The van der Waals surface area contributed by atoms with Crippen molar-refractivity contribution in [2.45, 2.75) is 13.8 Å². The van der Waals surface area contributed by atoms with Gasteiger partial charge in [0.05, 0.1) is 0 Å². The van der Waals surface area contributed by atoms with Gasteiger partial charge in [-0.1, -0.05) is 6.07 Å². The van der Waals surface area contributed by atoms with Crippen LogP contribution in [0.3, 0.4) is 0 Å². The summed E-state index contributed by atoms with van der Waals surface area (Å²) in [6.45, 7) is 7.14. The molecule has 0 unspecified atom stereocenters. The number of nitrogens with zero attached hydrogens (tertiary/aromatic N) is 4. The number of aromatic nitrogens is 2. The van der Waals surface area contributed by atoms with Gasteiger partial charge < -0.3 is 20.3 Å². The number of rotatable bonds is 4. The van der Waals surface area contributed by atoms with E-state index in [4.69, 9.17) is 10.5 Å². The van der Waals surface area contributed by atoms with E-state index in [0.717, 1.165) is 43.0 Å². The van der Waals surface area contributed by atoms with E-state index in [1.807, 2.05) is 26.0 Å². The third-order valence-corrected chi connectivity index (χ3v) is 5.01. The Balaban J connectivity index is 1.48. The lowest BCUT2D eigenvalue weighted by molar-refractivity contribution is 0.463. The highest BCUT2D eigenvalue weighted by Crippen LogP contribution is 2.32. The van der Waals surface area contributed by atoms with E-state index in [0.29, 0.717) is 23.1 Å². The van der Waals surface area contributed by atoms with Crippen LogP contribution in [0.4, 0.5) is 21.6 Å². The van der Waals surface area contributed by atoms with E-state index in [1.54, 1.807) is 12.1 Å². The molecule has 7 heteroatoms. The maximum atomic E-state index is 13.2. The number of hydrogen-bond acceptors (Lipinski definition) is 6. The molecule has 1 saturated heterocycles. The van der Waals surface area contributed by atoms with Gasteiger partial charge in [0.15, 0.2) is 5.82 Å². The average molecular weight is 393 g/mol. The summed E-state index contributed by atoms with van der Waals surface area (Å²) >= 11 is 0. The third-order valence-electron chi connectivity index (χ3n) is 5.01. The molecule has 2 heterocycles. The molecule has 0 radical (unpaired) electrons. The second-order valence-corrected chi connectivity index (χ2v) is 7.29. The molecule has 0 bridgehead atoms. The molecule has 1 aliphatic rings. The Morgan fingerprint density at radius 1 is 0.897 bits per heavy atom. The van der Waals surface area contributed by atoms with Crippen molar-refractivity contribution in [3.05, 3.63) is 65.7 Å². The largest absolute Gasteiger partial charge is 0.437 e. The maximum Gasteiger partial charge on any atom is 0.248 e. The number of hydrogen-bond donors (Lipinski definition) is 1. The lowest BCUT2D eigenvalue weighted by Gasteiger charge is -2.37. The lowest BCUT2D eigenvalue weighted by Crippen LogP contribution is -2.47. The number of halogens is 1. The molecule has 0 atom stereocenters. The first-order chi connectivity index (χ1) is 14.0. The molecule has 0 aliphatic carbocycles. The minimum absolute atomic E-state index is 0.225. The second-order valence-electron chi connectivity index (χ2n) is 7.29. The van der Waals surface area contributed by atoms with Crippen molar-refractivity contribution >= 4 is 17.2 Å². The van der Waals surface area contributed by atoms with Crippen LogP contribution in [-0.2, 0) is 0 Å². The van der Waals surface area contributed by atoms with Gasteiger partial charge in [0.25, 0.3) is 0 Å². The molecule has 1 fully saturated rings. The second kappa shape index (κ2) is 7.95. The van der Waals surface area contributed by atoms with E-state index in [1.165, 1.54) is 18.5 Å². The minimum atomic E-state index is -0.225. The van der Waals surface area contributed by atoms with Gasteiger partial charge in [0, 0.05) is 31.9 Å². The molecule has 2 aromatic carbocycles. The molecule has 4 rings (SSSR count). The Morgan fingerprint density at radius 2 is 1.52 bits per heavy atom. The summed E-state index contributed by atoms with van der Waals surface area (Å²) in [6.07, 6.45) is 1.48. The highest BCUT2D eigenvalue weighted by Gasteiger charge is 2.22. The van der Waals surface area contributed by atoms with Crippen LogP contribution in [0, 0.1) is 19.7 Å². The first-order valence-corrected chi connectivity index (χ1v) is 9.62. The zero-order valence-electron chi connectivity index (χ0n) is 16.6. The predicted molar refractivity (Wildman–Crippen MR) is 113 cm³/mol. The van der Waals surface area contributed by atoms with Crippen molar-refractivity contribution in [2.75, 3.05) is 41.7 Å². The van der Waals surface area contributed by atoms with Crippen LogP contribution < -0.4 is 20.3 Å². The lowest BCUT2D eigenvalue weighted by atomic mass is 10.1. The van der Waals surface area contributed by atoms with Crippen molar-refractivity contribution in [3.8, 4) is 11.6 Å². The first kappa shape index (κ1) is 19.0. The van der Waals surface area contributed by atoms with E-state index < -0.39 is 0 Å². The summed E-state index contributed by atoms with van der Waals surface area (Å²) < 4.78 is 19.1. The van der Waals surface area contributed by atoms with Crippen LogP contribution in [-0.4, -0.2) is 36.1 Å². The topological polar surface area (TPSA) is 67.5 Å². The van der Waals surface area contributed by atoms with Crippen LogP contribution >= 0.6 is 0 Å². The van der Waals surface area contributed by atoms with Crippen LogP contribution in [0.25, 0.3) is 0 Å². The third kappa shape index (κ3) is 4.23. The van der Waals surface area contributed by atoms with Crippen molar-refractivity contribution < 1.29 is 9.13 Å². The van der Waals surface area contributed by atoms with Crippen LogP contribution in [0.2, 0.25) is 0 Å². The summed E-state index contributed by atoms with van der Waals surface area (Å²) in [5.74, 6) is 1.52. The number of benzene rings is 2. The molecular weight excluding hydrogens is 369 g/mol. The summed E-state index contributed by atoms with van der Waals surface area (Å²) in [7, 11) is 0. The summed E-state index contributed by atoms with van der Waals surface area (Å²) in [4.78, 5) is 13.0. The van der Waals surface area contributed by atoms with E-state index in [2.05, 4.69) is 25.8 Å². The van der Waals surface area contributed by atoms with Gasteiger partial charge in [-0.05, 0) is 61.4 Å². The number of nitrogens with two attached hydrogens (primary N) is 1. The fourth-order valence-corrected chi connectivity index (χ4v) is 3.64. The Morgan fingerprint density at radius 3 is 2.17 bits per heavy atom. The first-order valence-electron chi connectivity index (χ1n) is 9.62. The Bertz CT molecular complexity index is 980.